The van der Waals surface area contributed by atoms with Crippen LogP contribution < -0.4 is 0 Å². The average Bonchev–Trinajstić information content (AvgIpc) is 3.07. The number of benzene rings is 3. The molecule has 0 N–H and O–H groups in total. The van der Waals surface area contributed by atoms with E-state index in [9.17, 15) is 4.79 Å². The number of ether oxygens (including phenoxy) is 1. The lowest BCUT2D eigenvalue weighted by molar-refractivity contribution is -0.136. The maximum Gasteiger partial charge on any atom is 0.338 e. The number of hydrogen-bond donors (Lipinski definition) is 0. The summed E-state index contributed by atoms with van der Waals surface area (Å²) in [5.74, 6) is -0.335. The first-order chi connectivity index (χ1) is 13.2. The fourth-order valence-electron chi connectivity index (χ4n) is 3.14. The van der Waals surface area contributed by atoms with Crippen LogP contribution in [0.5, 0.6) is 0 Å². The Hall–Kier alpha value is -2.62. The summed E-state index contributed by atoms with van der Waals surface area (Å²) in [5.41, 5.74) is 2.32. The van der Waals surface area contributed by atoms with E-state index in [2.05, 4.69) is 24.3 Å². The largest absolute Gasteiger partial charge is 0.462 e. The number of fused-ring (bicyclic) bond motifs is 3. The van der Waals surface area contributed by atoms with Crippen LogP contribution >= 0.6 is 22.9 Å². The summed E-state index contributed by atoms with van der Waals surface area (Å²) in [6.07, 6.45) is 1.92. The first kappa shape index (κ1) is 17.8. The van der Waals surface area contributed by atoms with Crippen molar-refractivity contribution in [3.63, 3.8) is 0 Å². The highest BCUT2D eigenvalue weighted by Gasteiger charge is 2.15. The van der Waals surface area contributed by atoms with Crippen molar-refractivity contribution in [2.45, 2.75) is 6.92 Å². The van der Waals surface area contributed by atoms with Gasteiger partial charge in [0.05, 0.1) is 12.2 Å². The maximum atomic E-state index is 12.6. The van der Waals surface area contributed by atoms with Crippen LogP contribution in [-0.2, 0) is 9.53 Å². The molecule has 3 aromatic carbocycles. The van der Waals surface area contributed by atoms with Gasteiger partial charge in [0, 0.05) is 25.2 Å². The Kier molecular flexibility index (Phi) is 4.97. The highest BCUT2D eigenvalue weighted by molar-refractivity contribution is 7.26. The second-order valence-electron chi connectivity index (χ2n) is 6.11. The molecule has 0 saturated heterocycles. The van der Waals surface area contributed by atoms with Crippen LogP contribution in [0.25, 0.3) is 31.8 Å². The van der Waals surface area contributed by atoms with Gasteiger partial charge in [-0.1, -0.05) is 60.1 Å². The Morgan fingerprint density at radius 2 is 1.74 bits per heavy atom. The maximum absolute atomic E-state index is 12.6. The third-order valence-electron chi connectivity index (χ3n) is 4.39. The number of rotatable bonds is 4. The molecule has 134 valence electrons. The monoisotopic (exact) mass is 392 g/mol. The van der Waals surface area contributed by atoms with Crippen LogP contribution in [0.2, 0.25) is 5.02 Å². The molecule has 27 heavy (non-hydrogen) atoms. The quantitative estimate of drug-likeness (QED) is 0.216. The Labute approximate surface area is 166 Å². The van der Waals surface area contributed by atoms with Gasteiger partial charge < -0.3 is 4.74 Å². The van der Waals surface area contributed by atoms with Crippen LogP contribution in [0.15, 0.2) is 66.7 Å². The molecule has 4 heteroatoms. The Morgan fingerprint density at radius 1 is 1.00 bits per heavy atom. The molecule has 0 aliphatic rings. The van der Waals surface area contributed by atoms with E-state index >= 15 is 0 Å². The first-order valence-corrected chi connectivity index (χ1v) is 9.92. The summed E-state index contributed by atoms with van der Waals surface area (Å²) in [6, 6.07) is 21.8. The lowest BCUT2D eigenvalue weighted by atomic mass is 10.0. The summed E-state index contributed by atoms with van der Waals surface area (Å²) < 4.78 is 7.69. The molecule has 4 rings (SSSR count). The average molecular weight is 393 g/mol. The number of esters is 1. The predicted octanol–water partition coefficient (Wildman–Crippen LogP) is 6.81. The molecular weight excluding hydrogens is 376 g/mol. The fourth-order valence-corrected chi connectivity index (χ4v) is 4.45. The second-order valence-corrected chi connectivity index (χ2v) is 7.60. The van der Waals surface area contributed by atoms with Gasteiger partial charge in [0.1, 0.15) is 0 Å². The summed E-state index contributed by atoms with van der Waals surface area (Å²) in [7, 11) is 0. The van der Waals surface area contributed by atoms with E-state index in [4.69, 9.17) is 16.3 Å². The summed E-state index contributed by atoms with van der Waals surface area (Å²) >= 11 is 7.74. The van der Waals surface area contributed by atoms with Gasteiger partial charge in [0.15, 0.2) is 0 Å². The van der Waals surface area contributed by atoms with E-state index < -0.39 is 0 Å². The van der Waals surface area contributed by atoms with Crippen LogP contribution in [-0.4, -0.2) is 12.6 Å². The molecule has 0 amide bonds. The van der Waals surface area contributed by atoms with Crippen molar-refractivity contribution in [1.82, 2.24) is 0 Å². The normalized spacial score (nSPS) is 11.9. The number of hydrogen-bond acceptors (Lipinski definition) is 3. The van der Waals surface area contributed by atoms with Crippen molar-refractivity contribution in [2.75, 3.05) is 6.61 Å². The van der Waals surface area contributed by atoms with Gasteiger partial charge in [0.25, 0.3) is 0 Å². The van der Waals surface area contributed by atoms with Crippen molar-refractivity contribution in [1.29, 1.82) is 0 Å². The van der Waals surface area contributed by atoms with Crippen molar-refractivity contribution in [3.8, 4) is 0 Å². The molecule has 0 aliphatic heterocycles. The molecule has 0 aliphatic carbocycles. The number of thiophene rings is 1. The minimum Gasteiger partial charge on any atom is -0.462 e. The third-order valence-corrected chi connectivity index (χ3v) is 5.87. The summed E-state index contributed by atoms with van der Waals surface area (Å²) in [6.45, 7) is 2.14. The zero-order valence-electron chi connectivity index (χ0n) is 14.7. The highest BCUT2D eigenvalue weighted by Crippen LogP contribution is 2.37. The summed E-state index contributed by atoms with van der Waals surface area (Å²) in [5, 5.41) is 3.06. The zero-order valence-corrected chi connectivity index (χ0v) is 16.3. The fraction of sp³-hybridized carbons (Fsp3) is 0.0870. The van der Waals surface area contributed by atoms with Gasteiger partial charge in [-0.25, -0.2) is 4.79 Å². The smallest absolute Gasteiger partial charge is 0.338 e. The lowest BCUT2D eigenvalue weighted by Gasteiger charge is -2.08. The Balaban J connectivity index is 1.91. The van der Waals surface area contributed by atoms with Gasteiger partial charge >= 0.3 is 5.97 Å². The van der Waals surface area contributed by atoms with Crippen LogP contribution in [0.4, 0.5) is 0 Å². The van der Waals surface area contributed by atoms with E-state index in [-0.39, 0.29) is 5.97 Å². The van der Waals surface area contributed by atoms with Crippen molar-refractivity contribution in [3.05, 3.63) is 82.9 Å². The molecule has 0 saturated carbocycles. The van der Waals surface area contributed by atoms with Gasteiger partial charge in [-0.3, -0.25) is 0 Å². The molecule has 0 spiro atoms. The topological polar surface area (TPSA) is 26.3 Å². The molecule has 1 aromatic heterocycles. The Morgan fingerprint density at radius 3 is 2.52 bits per heavy atom. The molecule has 0 bridgehead atoms. The minimum absolute atomic E-state index is 0.330. The minimum atomic E-state index is -0.335. The van der Waals surface area contributed by atoms with E-state index in [0.717, 1.165) is 15.8 Å². The van der Waals surface area contributed by atoms with E-state index in [1.807, 2.05) is 43.3 Å². The predicted molar refractivity (Wildman–Crippen MR) is 115 cm³/mol. The number of carbonyl (C=O) groups excluding carboxylic acids is 1. The molecular formula is C23H17ClO2S. The number of carbonyl (C=O) groups is 1. The van der Waals surface area contributed by atoms with Crippen molar-refractivity contribution < 1.29 is 9.53 Å². The molecule has 1 heterocycles. The van der Waals surface area contributed by atoms with Crippen LogP contribution in [0.1, 0.15) is 18.1 Å². The van der Waals surface area contributed by atoms with E-state index in [0.29, 0.717) is 17.2 Å². The molecule has 2 nitrogen and oxygen atoms in total. The van der Waals surface area contributed by atoms with E-state index in [1.165, 1.54) is 15.5 Å². The molecule has 0 fully saturated rings. The third kappa shape index (κ3) is 3.48. The van der Waals surface area contributed by atoms with Crippen LogP contribution in [0, 0.1) is 0 Å². The highest BCUT2D eigenvalue weighted by atomic mass is 35.5. The first-order valence-electron chi connectivity index (χ1n) is 8.72. The standard InChI is InChI=1S/C23H17ClO2S/c1-2-26-23(25)20(15-10-12-17(24)13-11-15)14-16-6-5-8-19-18-7-3-4-9-21(18)27-22(16)19/h3-14H,2H2,1H3/b20-14-. The SMILES string of the molecule is CCOC(=O)/C(=C\c1cccc2c1sc1ccccc12)c1ccc(Cl)cc1. The van der Waals surface area contributed by atoms with Crippen LogP contribution in [0.3, 0.4) is 0 Å². The van der Waals surface area contributed by atoms with E-state index in [1.54, 1.807) is 23.5 Å². The summed E-state index contributed by atoms with van der Waals surface area (Å²) in [4.78, 5) is 12.6. The van der Waals surface area contributed by atoms with Gasteiger partial charge in [-0.05, 0) is 42.3 Å². The Bertz CT molecular complexity index is 1160. The second kappa shape index (κ2) is 7.55. The molecule has 0 unspecified atom stereocenters. The molecule has 0 atom stereocenters. The van der Waals surface area contributed by atoms with Crippen molar-refractivity contribution in [2.24, 2.45) is 0 Å². The number of halogens is 1. The molecule has 0 radical (unpaired) electrons. The zero-order chi connectivity index (χ0) is 18.8. The van der Waals surface area contributed by atoms with Crippen molar-refractivity contribution >= 4 is 60.7 Å². The lowest BCUT2D eigenvalue weighted by Crippen LogP contribution is -2.06. The van der Waals surface area contributed by atoms with Gasteiger partial charge in [-0.15, -0.1) is 11.3 Å². The van der Waals surface area contributed by atoms with Gasteiger partial charge in [0.2, 0.25) is 0 Å². The van der Waals surface area contributed by atoms with Gasteiger partial charge in [-0.2, -0.15) is 0 Å². The molecule has 4 aromatic rings.